The Morgan fingerprint density at radius 3 is 2.43 bits per heavy atom. The van der Waals surface area contributed by atoms with Crippen molar-refractivity contribution >= 4 is 21.8 Å². The summed E-state index contributed by atoms with van der Waals surface area (Å²) in [5.74, 6) is -0.221. The highest BCUT2D eigenvalue weighted by Crippen LogP contribution is 2.25. The summed E-state index contributed by atoms with van der Waals surface area (Å²) in [6.45, 7) is 2.05. The van der Waals surface area contributed by atoms with Crippen LogP contribution in [0.3, 0.4) is 0 Å². The Kier molecular flexibility index (Phi) is 5.09. The van der Waals surface area contributed by atoms with Crippen molar-refractivity contribution in [3.8, 4) is 0 Å². The Morgan fingerprint density at radius 1 is 1.24 bits per heavy atom. The second kappa shape index (κ2) is 6.83. The van der Waals surface area contributed by atoms with Gasteiger partial charge in [-0.1, -0.05) is 35.0 Å². The lowest BCUT2D eigenvalue weighted by Gasteiger charge is -2.27. The first kappa shape index (κ1) is 15.7. The van der Waals surface area contributed by atoms with Crippen LogP contribution >= 0.6 is 15.9 Å². The molecule has 110 valence electrons. The van der Waals surface area contributed by atoms with Crippen molar-refractivity contribution in [1.29, 1.82) is 0 Å². The molecule has 2 N–H and O–H groups in total. The molecule has 1 amide bonds. The average Bonchev–Trinajstić information content (AvgIpc) is 2.53. The van der Waals surface area contributed by atoms with Crippen LogP contribution in [0.2, 0.25) is 0 Å². The number of nitrogens with one attached hydrogen (secondary N) is 1. The second-order valence-electron chi connectivity index (χ2n) is 4.81. The summed E-state index contributed by atoms with van der Waals surface area (Å²) in [5.41, 5.74) is 0.228. The summed E-state index contributed by atoms with van der Waals surface area (Å²) in [4.78, 5) is 15.9. The number of amides is 1. The summed E-state index contributed by atoms with van der Waals surface area (Å²) in [6, 6.07) is 10.7. The Bertz CT molecular complexity index is 601. The monoisotopic (exact) mass is 348 g/mol. The van der Waals surface area contributed by atoms with Gasteiger partial charge < -0.3 is 10.4 Å². The van der Waals surface area contributed by atoms with Crippen LogP contribution < -0.4 is 5.32 Å². The van der Waals surface area contributed by atoms with E-state index >= 15 is 0 Å². The highest BCUT2D eigenvalue weighted by molar-refractivity contribution is 9.10. The number of nitrogens with zero attached hydrogens (tertiary/aromatic N) is 1. The van der Waals surface area contributed by atoms with Crippen molar-refractivity contribution < 1.29 is 9.90 Å². The maximum atomic E-state index is 12.0. The number of pyridine rings is 1. The zero-order valence-corrected chi connectivity index (χ0v) is 13.3. The van der Waals surface area contributed by atoms with Gasteiger partial charge in [0.05, 0.1) is 6.54 Å². The van der Waals surface area contributed by atoms with Crippen LogP contribution in [0.1, 0.15) is 29.3 Å². The van der Waals surface area contributed by atoms with Crippen molar-refractivity contribution in [2.24, 2.45) is 0 Å². The number of carbonyl (C=O) groups excluding carboxylic acids is 1. The molecule has 4 nitrogen and oxygen atoms in total. The predicted molar refractivity (Wildman–Crippen MR) is 84.9 cm³/mol. The molecule has 5 heteroatoms. The highest BCUT2D eigenvalue weighted by atomic mass is 79.9. The number of benzene rings is 1. The zero-order chi connectivity index (χ0) is 15.3. The van der Waals surface area contributed by atoms with Gasteiger partial charge in [-0.15, -0.1) is 0 Å². The van der Waals surface area contributed by atoms with Crippen LogP contribution in [-0.4, -0.2) is 22.5 Å². The minimum absolute atomic E-state index is 0.159. The van der Waals surface area contributed by atoms with Gasteiger partial charge in [-0.25, -0.2) is 0 Å². The maximum Gasteiger partial charge on any atom is 0.251 e. The quantitative estimate of drug-likeness (QED) is 0.873. The van der Waals surface area contributed by atoms with E-state index in [0.29, 0.717) is 12.0 Å². The molecule has 0 unspecified atom stereocenters. The molecule has 0 fully saturated rings. The molecule has 0 saturated heterocycles. The molecule has 0 radical (unpaired) electrons. The number of hydrogen-bond donors (Lipinski definition) is 2. The smallest absolute Gasteiger partial charge is 0.251 e. The molecule has 1 heterocycles. The minimum Gasteiger partial charge on any atom is -0.383 e. The predicted octanol–water partition coefficient (Wildman–Crippen LogP) is 2.87. The number of carbonyl (C=O) groups is 1. The van der Waals surface area contributed by atoms with E-state index < -0.39 is 5.60 Å². The molecule has 2 aromatic rings. The third-order valence-corrected chi connectivity index (χ3v) is 3.98. The van der Waals surface area contributed by atoms with Gasteiger partial charge >= 0.3 is 0 Å². The molecule has 0 saturated carbocycles. The first-order chi connectivity index (χ1) is 10.0. The third-order valence-electron chi connectivity index (χ3n) is 3.45. The third kappa shape index (κ3) is 3.89. The molecular weight excluding hydrogens is 332 g/mol. The standard InChI is InChI=1S/C16H17BrN2O2/c1-2-16(21,13-3-5-14(17)6-4-13)11-19-15(20)12-7-9-18-10-8-12/h3-10,21H,2,11H2,1H3,(H,19,20)/t16-/m1/s1. The Labute approximate surface area is 132 Å². The van der Waals surface area contributed by atoms with Gasteiger partial charge in [-0.3, -0.25) is 9.78 Å². The molecule has 2 rings (SSSR count). The number of hydrogen-bond acceptors (Lipinski definition) is 3. The van der Waals surface area contributed by atoms with E-state index in [1.807, 2.05) is 31.2 Å². The van der Waals surface area contributed by atoms with E-state index in [-0.39, 0.29) is 12.5 Å². The summed E-state index contributed by atoms with van der Waals surface area (Å²) < 4.78 is 0.950. The second-order valence-corrected chi connectivity index (χ2v) is 5.73. The Balaban J connectivity index is 2.08. The summed E-state index contributed by atoms with van der Waals surface area (Å²) >= 11 is 3.37. The van der Waals surface area contributed by atoms with E-state index in [9.17, 15) is 9.90 Å². The van der Waals surface area contributed by atoms with E-state index in [1.165, 1.54) is 0 Å². The first-order valence-corrected chi connectivity index (χ1v) is 7.51. The van der Waals surface area contributed by atoms with Crippen molar-refractivity contribution in [2.45, 2.75) is 18.9 Å². The van der Waals surface area contributed by atoms with E-state index in [1.54, 1.807) is 24.5 Å². The average molecular weight is 349 g/mol. The van der Waals surface area contributed by atoms with E-state index in [4.69, 9.17) is 0 Å². The lowest BCUT2D eigenvalue weighted by atomic mass is 9.91. The molecule has 0 aliphatic heterocycles. The van der Waals surface area contributed by atoms with Crippen molar-refractivity contribution in [3.63, 3.8) is 0 Å². The summed E-state index contributed by atoms with van der Waals surface area (Å²) in [6.07, 6.45) is 3.64. The number of rotatable bonds is 5. The van der Waals surface area contributed by atoms with Gasteiger partial charge in [-0.05, 0) is 36.2 Å². The van der Waals surface area contributed by atoms with Crippen LogP contribution in [0.25, 0.3) is 0 Å². The molecule has 1 aromatic heterocycles. The summed E-state index contributed by atoms with van der Waals surface area (Å²) in [7, 11) is 0. The largest absolute Gasteiger partial charge is 0.383 e. The van der Waals surface area contributed by atoms with Crippen molar-refractivity contribution in [2.75, 3.05) is 6.54 Å². The first-order valence-electron chi connectivity index (χ1n) is 6.72. The number of aromatic nitrogens is 1. The van der Waals surface area contributed by atoms with E-state index in [2.05, 4.69) is 26.2 Å². The normalized spacial score (nSPS) is 13.5. The van der Waals surface area contributed by atoms with Crippen LogP contribution in [0.15, 0.2) is 53.3 Å². The topological polar surface area (TPSA) is 62.2 Å². The number of aliphatic hydroxyl groups is 1. The molecule has 0 aliphatic carbocycles. The van der Waals surface area contributed by atoms with Gasteiger partial charge in [0.25, 0.3) is 5.91 Å². The van der Waals surface area contributed by atoms with Gasteiger partial charge in [0.1, 0.15) is 5.60 Å². The van der Waals surface area contributed by atoms with E-state index in [0.717, 1.165) is 10.0 Å². The molecular formula is C16H17BrN2O2. The summed E-state index contributed by atoms with van der Waals surface area (Å²) in [5, 5.41) is 13.5. The van der Waals surface area contributed by atoms with Gasteiger partial charge in [0.15, 0.2) is 0 Å². The van der Waals surface area contributed by atoms with Crippen LogP contribution in [0, 0.1) is 0 Å². The fourth-order valence-electron chi connectivity index (χ4n) is 2.02. The molecule has 0 spiro atoms. The molecule has 21 heavy (non-hydrogen) atoms. The number of halogens is 1. The highest BCUT2D eigenvalue weighted by Gasteiger charge is 2.27. The molecule has 0 bridgehead atoms. The van der Waals surface area contributed by atoms with Gasteiger partial charge in [0, 0.05) is 22.4 Å². The SMILES string of the molecule is CC[C@@](O)(CNC(=O)c1ccncc1)c1ccc(Br)cc1. The fraction of sp³-hybridized carbons (Fsp3) is 0.250. The lowest BCUT2D eigenvalue weighted by Crippen LogP contribution is -2.40. The van der Waals surface area contributed by atoms with Crippen molar-refractivity contribution in [3.05, 3.63) is 64.4 Å². The minimum atomic E-state index is -1.08. The van der Waals surface area contributed by atoms with Crippen LogP contribution in [0.5, 0.6) is 0 Å². The molecule has 0 aliphatic rings. The molecule has 1 aromatic carbocycles. The van der Waals surface area contributed by atoms with Crippen LogP contribution in [-0.2, 0) is 5.60 Å². The van der Waals surface area contributed by atoms with Crippen LogP contribution in [0.4, 0.5) is 0 Å². The van der Waals surface area contributed by atoms with Gasteiger partial charge in [-0.2, -0.15) is 0 Å². The lowest BCUT2D eigenvalue weighted by molar-refractivity contribution is 0.0314. The van der Waals surface area contributed by atoms with Gasteiger partial charge in [0.2, 0.25) is 0 Å². The molecule has 1 atom stereocenters. The maximum absolute atomic E-state index is 12.0. The Hall–Kier alpha value is -1.72. The zero-order valence-electron chi connectivity index (χ0n) is 11.7. The fourth-order valence-corrected chi connectivity index (χ4v) is 2.29. The Morgan fingerprint density at radius 2 is 1.86 bits per heavy atom. The van der Waals surface area contributed by atoms with Crippen molar-refractivity contribution in [1.82, 2.24) is 10.3 Å².